The van der Waals surface area contributed by atoms with Gasteiger partial charge in [0.15, 0.2) is 6.10 Å². The van der Waals surface area contributed by atoms with Gasteiger partial charge >= 0.3 is 0 Å². The number of hydrogen-bond donors (Lipinski definition) is 1. The summed E-state index contributed by atoms with van der Waals surface area (Å²) in [4.78, 5) is 20.5. The summed E-state index contributed by atoms with van der Waals surface area (Å²) in [5.41, 5.74) is 1.46. The lowest BCUT2D eigenvalue weighted by molar-refractivity contribution is -0.127. The van der Waals surface area contributed by atoms with Crippen molar-refractivity contribution in [1.29, 1.82) is 5.26 Å². The van der Waals surface area contributed by atoms with Crippen molar-refractivity contribution >= 4 is 5.91 Å². The van der Waals surface area contributed by atoms with Crippen LogP contribution in [-0.4, -0.2) is 26.5 Å². The number of rotatable bonds is 6. The van der Waals surface area contributed by atoms with Gasteiger partial charge in [-0.15, -0.1) is 0 Å². The zero-order valence-electron chi connectivity index (χ0n) is 14.2. The summed E-state index contributed by atoms with van der Waals surface area (Å²) in [5, 5.41) is 11.6. The summed E-state index contributed by atoms with van der Waals surface area (Å²) < 4.78 is 7.39. The van der Waals surface area contributed by atoms with Gasteiger partial charge in [0.25, 0.3) is 5.91 Å². The number of aromatic nitrogens is 3. The standard InChI is InChI=1S/C19H17N5O2/c1-14(26-17-4-2-15(11-20)3-5-17)19(25)23-12-16-6-7-22-18(10-16)24-9-8-21-13-24/h2-10,13-14H,12H2,1H3,(H,23,25)/t14-/m0/s1. The predicted octanol–water partition coefficient (Wildman–Crippen LogP) is 2.22. The van der Waals surface area contributed by atoms with Crippen LogP contribution in [0.4, 0.5) is 0 Å². The highest BCUT2D eigenvalue weighted by Gasteiger charge is 2.14. The smallest absolute Gasteiger partial charge is 0.261 e. The van der Waals surface area contributed by atoms with E-state index in [0.717, 1.165) is 11.4 Å². The monoisotopic (exact) mass is 347 g/mol. The molecule has 3 aromatic rings. The average molecular weight is 347 g/mol. The van der Waals surface area contributed by atoms with Crippen molar-refractivity contribution in [2.75, 3.05) is 0 Å². The van der Waals surface area contributed by atoms with Crippen LogP contribution in [0.15, 0.2) is 61.3 Å². The number of nitriles is 1. The number of ether oxygens (including phenoxy) is 1. The van der Waals surface area contributed by atoms with Crippen molar-refractivity contribution in [3.63, 3.8) is 0 Å². The molecule has 1 atom stereocenters. The van der Waals surface area contributed by atoms with E-state index < -0.39 is 6.10 Å². The Kier molecular flexibility index (Phi) is 5.25. The summed E-state index contributed by atoms with van der Waals surface area (Å²) >= 11 is 0. The molecular weight excluding hydrogens is 330 g/mol. The quantitative estimate of drug-likeness (QED) is 0.738. The molecule has 0 spiro atoms. The van der Waals surface area contributed by atoms with E-state index in [0.29, 0.717) is 17.9 Å². The SMILES string of the molecule is C[C@H](Oc1ccc(C#N)cc1)C(=O)NCc1ccnc(-n2ccnc2)c1. The Bertz CT molecular complexity index is 914. The van der Waals surface area contributed by atoms with Crippen molar-refractivity contribution in [3.05, 3.63) is 72.4 Å². The lowest BCUT2D eigenvalue weighted by Gasteiger charge is -2.15. The van der Waals surface area contributed by atoms with Crippen molar-refractivity contribution in [3.8, 4) is 17.6 Å². The van der Waals surface area contributed by atoms with Gasteiger partial charge in [-0.05, 0) is 48.9 Å². The molecule has 1 aromatic carbocycles. The molecule has 130 valence electrons. The van der Waals surface area contributed by atoms with Gasteiger partial charge in [-0.2, -0.15) is 5.26 Å². The Hall–Kier alpha value is -3.66. The first kappa shape index (κ1) is 17.2. The van der Waals surface area contributed by atoms with Crippen LogP contribution < -0.4 is 10.1 Å². The van der Waals surface area contributed by atoms with Crippen LogP contribution in [0.2, 0.25) is 0 Å². The van der Waals surface area contributed by atoms with Gasteiger partial charge in [-0.25, -0.2) is 9.97 Å². The normalized spacial score (nSPS) is 11.4. The fourth-order valence-corrected chi connectivity index (χ4v) is 2.30. The maximum Gasteiger partial charge on any atom is 0.261 e. The molecule has 2 heterocycles. The van der Waals surface area contributed by atoms with Crippen molar-refractivity contribution in [2.45, 2.75) is 19.6 Å². The Morgan fingerprint density at radius 3 is 2.81 bits per heavy atom. The number of nitrogens with zero attached hydrogens (tertiary/aromatic N) is 4. The van der Waals surface area contributed by atoms with E-state index in [4.69, 9.17) is 10.00 Å². The maximum atomic E-state index is 12.2. The number of carbonyl (C=O) groups excluding carboxylic acids is 1. The van der Waals surface area contributed by atoms with Crippen LogP contribution >= 0.6 is 0 Å². The number of pyridine rings is 1. The van der Waals surface area contributed by atoms with Crippen LogP contribution in [-0.2, 0) is 11.3 Å². The van der Waals surface area contributed by atoms with Crippen molar-refractivity contribution < 1.29 is 9.53 Å². The van der Waals surface area contributed by atoms with Crippen LogP contribution in [0, 0.1) is 11.3 Å². The fourth-order valence-electron chi connectivity index (χ4n) is 2.30. The van der Waals surface area contributed by atoms with E-state index >= 15 is 0 Å². The first-order valence-corrected chi connectivity index (χ1v) is 8.03. The summed E-state index contributed by atoms with van der Waals surface area (Å²) in [6, 6.07) is 12.4. The second-order valence-corrected chi connectivity index (χ2v) is 5.61. The largest absolute Gasteiger partial charge is 0.481 e. The van der Waals surface area contributed by atoms with E-state index in [-0.39, 0.29) is 5.91 Å². The molecule has 0 aliphatic carbocycles. The third-order valence-corrected chi connectivity index (χ3v) is 3.71. The van der Waals surface area contributed by atoms with E-state index in [1.807, 2.05) is 18.2 Å². The highest BCUT2D eigenvalue weighted by atomic mass is 16.5. The van der Waals surface area contributed by atoms with Gasteiger partial charge in [-0.1, -0.05) is 0 Å². The van der Waals surface area contributed by atoms with Crippen molar-refractivity contribution in [2.24, 2.45) is 0 Å². The molecule has 0 aliphatic rings. The van der Waals surface area contributed by atoms with Gasteiger partial charge in [0.1, 0.15) is 17.9 Å². The molecule has 7 nitrogen and oxygen atoms in total. The third kappa shape index (κ3) is 4.24. The molecule has 0 radical (unpaired) electrons. The van der Waals surface area contributed by atoms with Crippen molar-refractivity contribution in [1.82, 2.24) is 19.9 Å². The van der Waals surface area contributed by atoms with Crippen LogP contribution in [0.25, 0.3) is 5.82 Å². The van der Waals surface area contributed by atoms with E-state index in [9.17, 15) is 4.79 Å². The van der Waals surface area contributed by atoms with Gasteiger partial charge < -0.3 is 10.1 Å². The molecule has 0 fully saturated rings. The molecule has 0 unspecified atom stereocenters. The minimum absolute atomic E-state index is 0.227. The van der Waals surface area contributed by atoms with E-state index in [2.05, 4.69) is 15.3 Å². The molecule has 1 N–H and O–H groups in total. The molecule has 0 bridgehead atoms. The van der Waals surface area contributed by atoms with Crippen LogP contribution in [0.1, 0.15) is 18.1 Å². The highest BCUT2D eigenvalue weighted by molar-refractivity contribution is 5.80. The molecular formula is C19H17N5O2. The predicted molar refractivity (Wildman–Crippen MR) is 94.5 cm³/mol. The third-order valence-electron chi connectivity index (χ3n) is 3.71. The summed E-state index contributed by atoms with van der Waals surface area (Å²) in [6.07, 6.45) is 6.18. The number of amides is 1. The first-order chi connectivity index (χ1) is 12.7. The fraction of sp³-hybridized carbons (Fsp3) is 0.158. The number of hydrogen-bond acceptors (Lipinski definition) is 5. The molecule has 1 amide bonds. The summed E-state index contributed by atoms with van der Waals surface area (Å²) in [5.74, 6) is 1.05. The molecule has 2 aromatic heterocycles. The Morgan fingerprint density at radius 1 is 1.31 bits per heavy atom. The minimum atomic E-state index is -0.655. The number of benzene rings is 1. The van der Waals surface area contributed by atoms with Crippen LogP contribution in [0.3, 0.4) is 0 Å². The van der Waals surface area contributed by atoms with E-state index in [1.54, 1.807) is 60.7 Å². The number of nitrogens with one attached hydrogen (secondary N) is 1. The van der Waals surface area contributed by atoms with Gasteiger partial charge in [0.05, 0.1) is 11.6 Å². The number of carbonyl (C=O) groups is 1. The average Bonchev–Trinajstić information content (AvgIpc) is 3.22. The highest BCUT2D eigenvalue weighted by Crippen LogP contribution is 2.13. The molecule has 26 heavy (non-hydrogen) atoms. The Balaban J connectivity index is 1.56. The second kappa shape index (κ2) is 7.94. The summed E-state index contributed by atoms with van der Waals surface area (Å²) in [7, 11) is 0. The van der Waals surface area contributed by atoms with Gasteiger partial charge in [0.2, 0.25) is 0 Å². The summed E-state index contributed by atoms with van der Waals surface area (Å²) in [6.45, 7) is 2.04. The van der Waals surface area contributed by atoms with Crippen LogP contribution in [0.5, 0.6) is 5.75 Å². The Morgan fingerprint density at radius 2 is 2.12 bits per heavy atom. The molecule has 3 rings (SSSR count). The number of imidazole rings is 1. The second-order valence-electron chi connectivity index (χ2n) is 5.61. The van der Waals surface area contributed by atoms with Gasteiger partial charge in [0, 0.05) is 25.1 Å². The molecule has 7 heteroatoms. The molecule has 0 saturated carbocycles. The minimum Gasteiger partial charge on any atom is -0.481 e. The van der Waals surface area contributed by atoms with Gasteiger partial charge in [-0.3, -0.25) is 9.36 Å². The lowest BCUT2D eigenvalue weighted by Crippen LogP contribution is -2.35. The Labute approximate surface area is 150 Å². The zero-order chi connectivity index (χ0) is 18.4. The first-order valence-electron chi connectivity index (χ1n) is 8.03. The molecule has 0 aliphatic heterocycles. The zero-order valence-corrected chi connectivity index (χ0v) is 14.2. The molecule has 0 saturated heterocycles. The van der Waals surface area contributed by atoms with E-state index in [1.165, 1.54) is 0 Å². The topological polar surface area (TPSA) is 92.8 Å². The lowest BCUT2D eigenvalue weighted by atomic mass is 10.2. The maximum absolute atomic E-state index is 12.2.